The minimum absolute atomic E-state index is 0.102. The molecule has 148 valence electrons. The number of halogens is 1. The first-order chi connectivity index (χ1) is 13.9. The SMILES string of the molecule is Cc1nn(C)cc1NC(=O)c1cnc2c(c1)N(Cc1ccc(Cl)cc1)C(=O)CN2. The summed E-state index contributed by atoms with van der Waals surface area (Å²) in [5.41, 5.74) is 3.18. The van der Waals surface area contributed by atoms with E-state index >= 15 is 0 Å². The number of aryl methyl sites for hydroxylation is 2. The van der Waals surface area contributed by atoms with Gasteiger partial charge in [0, 0.05) is 24.5 Å². The molecule has 0 saturated carbocycles. The van der Waals surface area contributed by atoms with Gasteiger partial charge in [0.05, 0.1) is 35.7 Å². The Balaban J connectivity index is 1.62. The molecule has 0 radical (unpaired) electrons. The fourth-order valence-electron chi connectivity index (χ4n) is 3.17. The summed E-state index contributed by atoms with van der Waals surface area (Å²) in [7, 11) is 1.79. The zero-order valence-electron chi connectivity index (χ0n) is 15.9. The maximum absolute atomic E-state index is 12.7. The minimum atomic E-state index is -0.319. The van der Waals surface area contributed by atoms with E-state index in [4.69, 9.17) is 11.6 Å². The van der Waals surface area contributed by atoms with Gasteiger partial charge in [-0.25, -0.2) is 4.98 Å². The van der Waals surface area contributed by atoms with Crippen molar-refractivity contribution in [3.05, 3.63) is 64.6 Å². The number of rotatable bonds is 4. The lowest BCUT2D eigenvalue weighted by molar-refractivity contribution is -0.117. The molecule has 0 spiro atoms. The highest BCUT2D eigenvalue weighted by molar-refractivity contribution is 6.30. The molecule has 0 aliphatic carbocycles. The number of anilines is 3. The molecule has 1 aliphatic rings. The molecule has 0 unspecified atom stereocenters. The average Bonchev–Trinajstić information content (AvgIpc) is 3.02. The molecule has 0 atom stereocenters. The average molecular weight is 411 g/mol. The van der Waals surface area contributed by atoms with Gasteiger partial charge in [0.1, 0.15) is 0 Å². The Labute approximate surface area is 172 Å². The van der Waals surface area contributed by atoms with Gasteiger partial charge < -0.3 is 15.5 Å². The molecule has 9 heteroatoms. The molecule has 3 heterocycles. The van der Waals surface area contributed by atoms with Gasteiger partial charge in [0.2, 0.25) is 5.91 Å². The van der Waals surface area contributed by atoms with E-state index in [1.54, 1.807) is 41.0 Å². The fourth-order valence-corrected chi connectivity index (χ4v) is 3.30. The first kappa shape index (κ1) is 18.9. The highest BCUT2D eigenvalue weighted by atomic mass is 35.5. The fraction of sp³-hybridized carbons (Fsp3) is 0.200. The molecule has 4 rings (SSSR count). The molecular formula is C20H19ClN6O2. The summed E-state index contributed by atoms with van der Waals surface area (Å²) in [6, 6.07) is 8.97. The number of nitrogens with one attached hydrogen (secondary N) is 2. The van der Waals surface area contributed by atoms with Crippen molar-refractivity contribution >= 4 is 40.6 Å². The lowest BCUT2D eigenvalue weighted by Crippen LogP contribution is -2.40. The maximum Gasteiger partial charge on any atom is 0.257 e. The van der Waals surface area contributed by atoms with Crippen LogP contribution in [0.1, 0.15) is 21.6 Å². The second-order valence-electron chi connectivity index (χ2n) is 6.81. The van der Waals surface area contributed by atoms with Crippen LogP contribution < -0.4 is 15.5 Å². The number of benzene rings is 1. The largest absolute Gasteiger partial charge is 0.359 e. The second kappa shape index (κ2) is 7.56. The van der Waals surface area contributed by atoms with Crippen molar-refractivity contribution in [1.29, 1.82) is 0 Å². The quantitative estimate of drug-likeness (QED) is 0.689. The van der Waals surface area contributed by atoms with E-state index in [0.29, 0.717) is 40.0 Å². The van der Waals surface area contributed by atoms with Crippen LogP contribution in [0.5, 0.6) is 0 Å². The molecule has 2 N–H and O–H groups in total. The van der Waals surface area contributed by atoms with Crippen molar-refractivity contribution in [3.63, 3.8) is 0 Å². The Morgan fingerprint density at radius 3 is 2.76 bits per heavy atom. The molecule has 29 heavy (non-hydrogen) atoms. The Bertz CT molecular complexity index is 1090. The zero-order chi connectivity index (χ0) is 20.5. The molecule has 1 aliphatic heterocycles. The Morgan fingerprint density at radius 1 is 1.31 bits per heavy atom. The smallest absolute Gasteiger partial charge is 0.257 e. The maximum atomic E-state index is 12.7. The Morgan fingerprint density at radius 2 is 2.07 bits per heavy atom. The Kier molecular flexibility index (Phi) is 4.94. The van der Waals surface area contributed by atoms with Crippen LogP contribution in [0.25, 0.3) is 0 Å². The van der Waals surface area contributed by atoms with E-state index in [9.17, 15) is 9.59 Å². The summed E-state index contributed by atoms with van der Waals surface area (Å²) < 4.78 is 1.63. The molecule has 8 nitrogen and oxygen atoms in total. The predicted octanol–water partition coefficient (Wildman–Crippen LogP) is 2.99. The first-order valence-electron chi connectivity index (χ1n) is 9.01. The molecule has 0 fully saturated rings. The van der Waals surface area contributed by atoms with Gasteiger partial charge in [-0.2, -0.15) is 5.10 Å². The van der Waals surface area contributed by atoms with Gasteiger partial charge in [-0.15, -0.1) is 0 Å². The van der Waals surface area contributed by atoms with Crippen molar-refractivity contribution in [1.82, 2.24) is 14.8 Å². The number of fused-ring (bicyclic) bond motifs is 1. The molecule has 0 saturated heterocycles. The normalized spacial score (nSPS) is 13.1. The third kappa shape index (κ3) is 3.93. The lowest BCUT2D eigenvalue weighted by Gasteiger charge is -2.29. The molecule has 3 aromatic rings. The number of hydrogen-bond donors (Lipinski definition) is 2. The Hall–Kier alpha value is -3.39. The monoisotopic (exact) mass is 410 g/mol. The molecule has 2 aromatic heterocycles. The highest BCUT2D eigenvalue weighted by Crippen LogP contribution is 2.30. The van der Waals surface area contributed by atoms with Gasteiger partial charge >= 0.3 is 0 Å². The lowest BCUT2D eigenvalue weighted by atomic mass is 10.1. The molecule has 1 aromatic carbocycles. The van der Waals surface area contributed by atoms with Crippen LogP contribution in [0, 0.1) is 6.92 Å². The molecule has 0 bridgehead atoms. The predicted molar refractivity (Wildman–Crippen MR) is 111 cm³/mol. The summed E-state index contributed by atoms with van der Waals surface area (Å²) in [5, 5.41) is 10.7. The van der Waals surface area contributed by atoms with Crippen LogP contribution >= 0.6 is 11.6 Å². The van der Waals surface area contributed by atoms with Crippen molar-refractivity contribution < 1.29 is 9.59 Å². The van der Waals surface area contributed by atoms with E-state index in [2.05, 4.69) is 20.7 Å². The van der Waals surface area contributed by atoms with Gasteiger partial charge in [0.15, 0.2) is 5.82 Å². The van der Waals surface area contributed by atoms with Gasteiger partial charge in [-0.1, -0.05) is 23.7 Å². The second-order valence-corrected chi connectivity index (χ2v) is 7.24. The number of pyridine rings is 1. The standard InChI is InChI=1S/C20H19ClN6O2/c1-12-16(11-26(2)25-12)24-20(29)14-7-17-19(22-8-14)23-9-18(28)27(17)10-13-3-5-15(21)6-4-13/h3-8,11H,9-10H2,1-2H3,(H,22,23)(H,24,29). The summed E-state index contributed by atoms with van der Waals surface area (Å²) >= 11 is 5.95. The highest BCUT2D eigenvalue weighted by Gasteiger charge is 2.26. The van der Waals surface area contributed by atoms with Crippen LogP contribution in [0.15, 0.2) is 42.7 Å². The number of amides is 2. The van der Waals surface area contributed by atoms with Crippen LogP contribution in [-0.4, -0.2) is 33.1 Å². The van der Waals surface area contributed by atoms with Crippen molar-refractivity contribution in [2.24, 2.45) is 7.05 Å². The topological polar surface area (TPSA) is 92.2 Å². The summed E-state index contributed by atoms with van der Waals surface area (Å²) in [5.74, 6) is 0.142. The number of carbonyl (C=O) groups is 2. The van der Waals surface area contributed by atoms with Crippen molar-refractivity contribution in [2.75, 3.05) is 22.1 Å². The van der Waals surface area contributed by atoms with E-state index < -0.39 is 0 Å². The van der Waals surface area contributed by atoms with Gasteiger partial charge in [-0.3, -0.25) is 14.3 Å². The third-order valence-corrected chi connectivity index (χ3v) is 4.90. The zero-order valence-corrected chi connectivity index (χ0v) is 16.7. The minimum Gasteiger partial charge on any atom is -0.359 e. The molecule has 2 amide bonds. The third-order valence-electron chi connectivity index (χ3n) is 4.64. The first-order valence-corrected chi connectivity index (χ1v) is 9.39. The van der Waals surface area contributed by atoms with Crippen LogP contribution in [0.4, 0.5) is 17.2 Å². The number of nitrogens with zero attached hydrogens (tertiary/aromatic N) is 4. The summed E-state index contributed by atoms with van der Waals surface area (Å²) in [6.45, 7) is 2.32. The van der Waals surface area contributed by atoms with Crippen LogP contribution in [0.3, 0.4) is 0 Å². The van der Waals surface area contributed by atoms with E-state index in [0.717, 1.165) is 5.56 Å². The van der Waals surface area contributed by atoms with Gasteiger partial charge in [-0.05, 0) is 30.7 Å². The summed E-state index contributed by atoms with van der Waals surface area (Å²) in [4.78, 5) is 31.2. The molecular weight excluding hydrogens is 392 g/mol. The van der Waals surface area contributed by atoms with Crippen LogP contribution in [0.2, 0.25) is 5.02 Å². The van der Waals surface area contributed by atoms with E-state index in [1.807, 2.05) is 19.1 Å². The summed E-state index contributed by atoms with van der Waals surface area (Å²) in [6.07, 6.45) is 3.22. The number of aromatic nitrogens is 3. The van der Waals surface area contributed by atoms with E-state index in [-0.39, 0.29) is 18.4 Å². The number of carbonyl (C=O) groups excluding carboxylic acids is 2. The van der Waals surface area contributed by atoms with Crippen molar-refractivity contribution in [3.8, 4) is 0 Å². The van der Waals surface area contributed by atoms with Gasteiger partial charge in [0.25, 0.3) is 5.91 Å². The van der Waals surface area contributed by atoms with Crippen LogP contribution in [-0.2, 0) is 18.4 Å². The number of hydrogen-bond acceptors (Lipinski definition) is 5. The van der Waals surface area contributed by atoms with Crippen molar-refractivity contribution in [2.45, 2.75) is 13.5 Å². The van der Waals surface area contributed by atoms with E-state index in [1.165, 1.54) is 6.20 Å².